The lowest BCUT2D eigenvalue weighted by Crippen LogP contribution is -2.35. The predicted octanol–water partition coefficient (Wildman–Crippen LogP) is 3.49. The van der Waals surface area contributed by atoms with E-state index in [1.54, 1.807) is 0 Å². The van der Waals surface area contributed by atoms with Gasteiger partial charge in [-0.05, 0) is 62.5 Å². The standard InChI is InChI=1S/C15H22OS/c1-11-5-6-13(9-12(11)2)10-14(16)15(3)7-4-8-17-15/h5-6,9,14,16H,4,7-8,10H2,1-3H3. The minimum absolute atomic E-state index is 0.0682. The van der Waals surface area contributed by atoms with Gasteiger partial charge in [0.2, 0.25) is 0 Å². The average Bonchev–Trinajstić information content (AvgIpc) is 2.72. The first-order valence-corrected chi connectivity index (χ1v) is 7.38. The molecular formula is C15H22OS. The smallest absolute Gasteiger partial charge is 0.0724 e. The van der Waals surface area contributed by atoms with Crippen molar-refractivity contribution in [3.63, 3.8) is 0 Å². The molecule has 94 valence electrons. The molecule has 1 aromatic carbocycles. The van der Waals surface area contributed by atoms with Gasteiger partial charge in [0, 0.05) is 4.75 Å². The summed E-state index contributed by atoms with van der Waals surface area (Å²) in [5.41, 5.74) is 3.90. The number of thioether (sulfide) groups is 1. The Hall–Kier alpha value is -0.470. The fourth-order valence-corrected chi connectivity index (χ4v) is 3.75. The highest BCUT2D eigenvalue weighted by Crippen LogP contribution is 2.41. The van der Waals surface area contributed by atoms with Crippen LogP contribution in [0.15, 0.2) is 18.2 Å². The summed E-state index contributed by atoms with van der Waals surface area (Å²) < 4.78 is 0.0682. The SMILES string of the molecule is Cc1ccc(CC(O)C2(C)CCCS2)cc1C. The van der Waals surface area contributed by atoms with Crippen molar-refractivity contribution in [2.45, 2.75) is 50.9 Å². The van der Waals surface area contributed by atoms with Crippen LogP contribution in [0.2, 0.25) is 0 Å². The first-order valence-electron chi connectivity index (χ1n) is 6.39. The molecule has 0 bridgehead atoms. The third-order valence-electron chi connectivity index (χ3n) is 3.95. The largest absolute Gasteiger partial charge is 0.391 e. The van der Waals surface area contributed by atoms with E-state index < -0.39 is 0 Å². The Bertz CT molecular complexity index is 394. The van der Waals surface area contributed by atoms with Crippen molar-refractivity contribution in [2.75, 3.05) is 5.75 Å². The number of benzene rings is 1. The van der Waals surface area contributed by atoms with Crippen LogP contribution in [0.4, 0.5) is 0 Å². The van der Waals surface area contributed by atoms with Gasteiger partial charge in [-0.15, -0.1) is 0 Å². The maximum Gasteiger partial charge on any atom is 0.0724 e. The van der Waals surface area contributed by atoms with Gasteiger partial charge in [-0.1, -0.05) is 18.2 Å². The summed E-state index contributed by atoms with van der Waals surface area (Å²) in [7, 11) is 0. The van der Waals surface area contributed by atoms with Gasteiger partial charge >= 0.3 is 0 Å². The summed E-state index contributed by atoms with van der Waals surface area (Å²) >= 11 is 1.93. The van der Waals surface area contributed by atoms with Gasteiger partial charge in [0.25, 0.3) is 0 Å². The zero-order valence-corrected chi connectivity index (χ0v) is 11.8. The Labute approximate surface area is 109 Å². The molecule has 1 heterocycles. The molecule has 1 saturated heterocycles. The number of hydrogen-bond acceptors (Lipinski definition) is 2. The topological polar surface area (TPSA) is 20.2 Å². The van der Waals surface area contributed by atoms with Crippen molar-refractivity contribution in [1.82, 2.24) is 0 Å². The fourth-order valence-electron chi connectivity index (χ4n) is 2.43. The van der Waals surface area contributed by atoms with E-state index in [4.69, 9.17) is 0 Å². The number of aliphatic hydroxyl groups excluding tert-OH is 1. The van der Waals surface area contributed by atoms with E-state index in [9.17, 15) is 5.11 Å². The molecule has 0 amide bonds. The van der Waals surface area contributed by atoms with Gasteiger partial charge in [0.05, 0.1) is 6.10 Å². The van der Waals surface area contributed by atoms with Crippen molar-refractivity contribution >= 4 is 11.8 Å². The van der Waals surface area contributed by atoms with Crippen LogP contribution in [0.25, 0.3) is 0 Å². The molecule has 0 saturated carbocycles. The Balaban J connectivity index is 2.07. The van der Waals surface area contributed by atoms with Crippen molar-refractivity contribution in [1.29, 1.82) is 0 Å². The highest BCUT2D eigenvalue weighted by atomic mass is 32.2. The Morgan fingerprint density at radius 1 is 1.35 bits per heavy atom. The minimum atomic E-state index is -0.225. The molecule has 17 heavy (non-hydrogen) atoms. The van der Waals surface area contributed by atoms with E-state index in [-0.39, 0.29) is 10.9 Å². The third kappa shape index (κ3) is 2.86. The van der Waals surface area contributed by atoms with Crippen LogP contribution in [0.1, 0.15) is 36.5 Å². The van der Waals surface area contributed by atoms with Crippen LogP contribution >= 0.6 is 11.8 Å². The minimum Gasteiger partial charge on any atom is -0.391 e. The quantitative estimate of drug-likeness (QED) is 0.886. The number of aliphatic hydroxyl groups is 1. The molecule has 1 aliphatic rings. The lowest BCUT2D eigenvalue weighted by Gasteiger charge is -2.29. The molecule has 0 aliphatic carbocycles. The van der Waals surface area contributed by atoms with Crippen LogP contribution in [0, 0.1) is 13.8 Å². The van der Waals surface area contributed by atoms with E-state index in [0.29, 0.717) is 0 Å². The van der Waals surface area contributed by atoms with E-state index >= 15 is 0 Å². The van der Waals surface area contributed by atoms with Crippen LogP contribution in [-0.4, -0.2) is 21.7 Å². The second-order valence-corrected chi connectivity index (χ2v) is 7.03. The molecule has 0 radical (unpaired) electrons. The summed E-state index contributed by atoms with van der Waals surface area (Å²) in [4.78, 5) is 0. The molecular weight excluding hydrogens is 228 g/mol. The summed E-state index contributed by atoms with van der Waals surface area (Å²) in [6.07, 6.45) is 2.94. The maximum atomic E-state index is 10.4. The molecule has 1 nitrogen and oxygen atoms in total. The normalized spacial score (nSPS) is 26.1. The van der Waals surface area contributed by atoms with Gasteiger partial charge in [-0.3, -0.25) is 0 Å². The molecule has 1 aliphatic heterocycles. The summed E-state index contributed by atoms with van der Waals surface area (Å²) in [5, 5.41) is 10.4. The number of rotatable bonds is 3. The Morgan fingerprint density at radius 3 is 2.71 bits per heavy atom. The van der Waals surface area contributed by atoms with E-state index in [0.717, 1.165) is 12.8 Å². The average molecular weight is 250 g/mol. The first-order chi connectivity index (χ1) is 8.01. The monoisotopic (exact) mass is 250 g/mol. The van der Waals surface area contributed by atoms with E-state index in [2.05, 4.69) is 39.0 Å². The first kappa shape index (κ1) is 13.0. The van der Waals surface area contributed by atoms with Gasteiger partial charge < -0.3 is 5.11 Å². The molecule has 1 aromatic rings. The highest BCUT2D eigenvalue weighted by Gasteiger charge is 2.36. The molecule has 0 aromatic heterocycles. The second kappa shape index (κ2) is 5.03. The second-order valence-electron chi connectivity index (χ2n) is 5.40. The molecule has 1 N–H and O–H groups in total. The van der Waals surface area contributed by atoms with Gasteiger partial charge in [0.15, 0.2) is 0 Å². The lowest BCUT2D eigenvalue weighted by atomic mass is 9.92. The van der Waals surface area contributed by atoms with Crippen LogP contribution in [0.5, 0.6) is 0 Å². The van der Waals surface area contributed by atoms with Gasteiger partial charge in [0.1, 0.15) is 0 Å². The molecule has 1 fully saturated rings. The van der Waals surface area contributed by atoms with Crippen LogP contribution < -0.4 is 0 Å². The van der Waals surface area contributed by atoms with E-state index in [1.165, 1.54) is 28.9 Å². The Morgan fingerprint density at radius 2 is 2.12 bits per heavy atom. The summed E-state index contributed by atoms with van der Waals surface area (Å²) in [5.74, 6) is 1.19. The molecule has 2 heteroatoms. The van der Waals surface area contributed by atoms with Crippen molar-refractivity contribution < 1.29 is 5.11 Å². The number of hydrogen-bond donors (Lipinski definition) is 1. The van der Waals surface area contributed by atoms with Crippen molar-refractivity contribution in [2.24, 2.45) is 0 Å². The fraction of sp³-hybridized carbons (Fsp3) is 0.600. The summed E-state index contributed by atoms with van der Waals surface area (Å²) in [6, 6.07) is 6.51. The molecule has 2 atom stereocenters. The zero-order valence-electron chi connectivity index (χ0n) is 11.0. The number of aryl methyl sites for hydroxylation is 2. The highest BCUT2D eigenvalue weighted by molar-refractivity contribution is 8.00. The van der Waals surface area contributed by atoms with Crippen LogP contribution in [0.3, 0.4) is 0 Å². The Kier molecular flexibility index (Phi) is 3.84. The van der Waals surface area contributed by atoms with Gasteiger partial charge in [-0.25, -0.2) is 0 Å². The van der Waals surface area contributed by atoms with Gasteiger partial charge in [-0.2, -0.15) is 11.8 Å². The molecule has 0 spiro atoms. The zero-order chi connectivity index (χ0) is 12.5. The maximum absolute atomic E-state index is 10.4. The van der Waals surface area contributed by atoms with Crippen molar-refractivity contribution in [3.8, 4) is 0 Å². The lowest BCUT2D eigenvalue weighted by molar-refractivity contribution is 0.133. The van der Waals surface area contributed by atoms with Crippen LogP contribution in [-0.2, 0) is 6.42 Å². The molecule has 2 rings (SSSR count). The predicted molar refractivity (Wildman–Crippen MR) is 75.7 cm³/mol. The van der Waals surface area contributed by atoms with E-state index in [1.807, 2.05) is 11.8 Å². The summed E-state index contributed by atoms with van der Waals surface area (Å²) in [6.45, 7) is 6.47. The molecule has 2 unspecified atom stereocenters. The third-order valence-corrected chi connectivity index (χ3v) is 5.58. The van der Waals surface area contributed by atoms with Crippen molar-refractivity contribution in [3.05, 3.63) is 34.9 Å².